The van der Waals surface area contributed by atoms with Crippen LogP contribution in [0.3, 0.4) is 0 Å². The lowest BCUT2D eigenvalue weighted by atomic mass is 10.1. The Labute approximate surface area is 126 Å². The average Bonchev–Trinajstić information content (AvgIpc) is 3.02. The van der Waals surface area contributed by atoms with Gasteiger partial charge >= 0.3 is 0 Å². The summed E-state index contributed by atoms with van der Waals surface area (Å²) < 4.78 is 13.2. The molecule has 0 spiro atoms. The van der Waals surface area contributed by atoms with Crippen molar-refractivity contribution in [2.24, 2.45) is 0 Å². The standard InChI is InChI=1S/C17H13FN2S/c18-13-6-7-14-12(8-13)9-15-16(14)20-17(21-15)19-10-11-4-2-1-3-5-11/h1-8H,9-10H2,(H,19,20). The van der Waals surface area contributed by atoms with Crippen LogP contribution in [0.5, 0.6) is 0 Å². The maximum atomic E-state index is 13.2. The summed E-state index contributed by atoms with van der Waals surface area (Å²) in [5, 5.41) is 4.30. The molecular formula is C17H13FN2S. The average molecular weight is 296 g/mol. The molecule has 4 heteroatoms. The zero-order valence-corrected chi connectivity index (χ0v) is 12.1. The molecule has 4 rings (SSSR count). The van der Waals surface area contributed by atoms with Gasteiger partial charge in [-0.25, -0.2) is 9.37 Å². The zero-order chi connectivity index (χ0) is 14.2. The molecule has 0 saturated carbocycles. The second-order valence-corrected chi connectivity index (χ2v) is 6.19. The van der Waals surface area contributed by atoms with Crippen LogP contribution in [-0.2, 0) is 13.0 Å². The Kier molecular flexibility index (Phi) is 2.97. The molecule has 21 heavy (non-hydrogen) atoms. The summed E-state index contributed by atoms with van der Waals surface area (Å²) in [6, 6.07) is 15.2. The summed E-state index contributed by atoms with van der Waals surface area (Å²) in [5.41, 5.74) is 4.34. The topological polar surface area (TPSA) is 24.9 Å². The van der Waals surface area contributed by atoms with E-state index in [4.69, 9.17) is 0 Å². The van der Waals surface area contributed by atoms with E-state index in [1.54, 1.807) is 17.4 Å². The normalized spacial score (nSPS) is 12.0. The first-order chi connectivity index (χ1) is 10.3. The highest BCUT2D eigenvalue weighted by molar-refractivity contribution is 7.16. The molecule has 0 bridgehead atoms. The second-order valence-electron chi connectivity index (χ2n) is 5.11. The van der Waals surface area contributed by atoms with Crippen LogP contribution in [0.25, 0.3) is 11.3 Å². The Morgan fingerprint density at radius 3 is 2.86 bits per heavy atom. The van der Waals surface area contributed by atoms with Crippen molar-refractivity contribution < 1.29 is 4.39 Å². The number of aromatic nitrogens is 1. The van der Waals surface area contributed by atoms with E-state index in [1.165, 1.54) is 16.5 Å². The predicted molar refractivity (Wildman–Crippen MR) is 84.1 cm³/mol. The predicted octanol–water partition coefficient (Wildman–Crippen LogP) is 4.47. The summed E-state index contributed by atoms with van der Waals surface area (Å²) in [6.07, 6.45) is 0.785. The second kappa shape index (κ2) is 4.97. The molecule has 0 amide bonds. The molecule has 1 aliphatic rings. The first-order valence-electron chi connectivity index (χ1n) is 6.86. The summed E-state index contributed by atoms with van der Waals surface area (Å²) in [6.45, 7) is 0.767. The molecule has 1 aromatic heterocycles. The molecule has 0 atom stereocenters. The molecule has 0 radical (unpaired) electrons. The van der Waals surface area contributed by atoms with Gasteiger partial charge in [0.2, 0.25) is 0 Å². The number of thiazole rings is 1. The Balaban J connectivity index is 1.56. The summed E-state index contributed by atoms with van der Waals surface area (Å²) >= 11 is 1.66. The third-order valence-corrected chi connectivity index (χ3v) is 4.67. The number of fused-ring (bicyclic) bond motifs is 3. The minimum absolute atomic E-state index is 0.175. The fourth-order valence-electron chi connectivity index (χ4n) is 2.64. The number of nitrogens with zero attached hydrogens (tertiary/aromatic N) is 1. The highest BCUT2D eigenvalue weighted by Crippen LogP contribution is 2.41. The van der Waals surface area contributed by atoms with Crippen molar-refractivity contribution in [3.63, 3.8) is 0 Å². The van der Waals surface area contributed by atoms with E-state index in [9.17, 15) is 4.39 Å². The molecular weight excluding hydrogens is 283 g/mol. The maximum absolute atomic E-state index is 13.2. The third-order valence-electron chi connectivity index (χ3n) is 3.66. The minimum atomic E-state index is -0.175. The van der Waals surface area contributed by atoms with Crippen molar-refractivity contribution in [2.45, 2.75) is 13.0 Å². The Hall–Kier alpha value is -2.20. The molecule has 1 aliphatic carbocycles. The first kappa shape index (κ1) is 12.5. The molecule has 0 aliphatic heterocycles. The quantitative estimate of drug-likeness (QED) is 0.603. The molecule has 3 aromatic rings. The van der Waals surface area contributed by atoms with Gasteiger partial charge in [0.15, 0.2) is 5.13 Å². The molecule has 0 unspecified atom stereocenters. The van der Waals surface area contributed by atoms with Crippen molar-refractivity contribution in [2.75, 3.05) is 5.32 Å². The van der Waals surface area contributed by atoms with E-state index < -0.39 is 0 Å². The third kappa shape index (κ3) is 2.32. The van der Waals surface area contributed by atoms with Crippen LogP contribution in [0.15, 0.2) is 48.5 Å². The number of hydrogen-bond donors (Lipinski definition) is 1. The highest BCUT2D eigenvalue weighted by Gasteiger charge is 2.23. The monoisotopic (exact) mass is 296 g/mol. The fraction of sp³-hybridized carbons (Fsp3) is 0.118. The van der Waals surface area contributed by atoms with Crippen molar-refractivity contribution in [3.05, 3.63) is 70.4 Å². The number of hydrogen-bond acceptors (Lipinski definition) is 3. The molecule has 2 nitrogen and oxygen atoms in total. The van der Waals surface area contributed by atoms with Crippen molar-refractivity contribution in [1.82, 2.24) is 4.98 Å². The van der Waals surface area contributed by atoms with Crippen LogP contribution in [0.1, 0.15) is 16.0 Å². The smallest absolute Gasteiger partial charge is 0.183 e. The lowest BCUT2D eigenvalue weighted by molar-refractivity contribution is 0.626. The SMILES string of the molecule is Fc1ccc2c(c1)Cc1sc(NCc3ccccc3)nc1-2. The van der Waals surface area contributed by atoms with Crippen LogP contribution in [-0.4, -0.2) is 4.98 Å². The molecule has 0 saturated heterocycles. The van der Waals surface area contributed by atoms with Crippen LogP contribution < -0.4 is 5.32 Å². The first-order valence-corrected chi connectivity index (χ1v) is 7.67. The molecule has 1 heterocycles. The lowest BCUT2D eigenvalue weighted by Crippen LogP contribution is -1.98. The van der Waals surface area contributed by atoms with Crippen LogP contribution in [0.2, 0.25) is 0 Å². The van der Waals surface area contributed by atoms with Gasteiger partial charge in [0.25, 0.3) is 0 Å². The van der Waals surface area contributed by atoms with Gasteiger partial charge in [-0.2, -0.15) is 0 Å². The van der Waals surface area contributed by atoms with Gasteiger partial charge in [-0.05, 0) is 29.3 Å². The molecule has 0 fully saturated rings. The van der Waals surface area contributed by atoms with Crippen LogP contribution in [0, 0.1) is 5.82 Å². The van der Waals surface area contributed by atoms with E-state index in [-0.39, 0.29) is 5.82 Å². The minimum Gasteiger partial charge on any atom is -0.357 e. The van der Waals surface area contributed by atoms with Gasteiger partial charge in [-0.3, -0.25) is 0 Å². The van der Waals surface area contributed by atoms with Crippen molar-refractivity contribution in [3.8, 4) is 11.3 Å². The van der Waals surface area contributed by atoms with Gasteiger partial charge in [0, 0.05) is 23.4 Å². The lowest BCUT2D eigenvalue weighted by Gasteiger charge is -2.03. The van der Waals surface area contributed by atoms with Gasteiger partial charge in [0.05, 0.1) is 5.69 Å². The van der Waals surface area contributed by atoms with Gasteiger partial charge in [-0.1, -0.05) is 30.3 Å². The molecule has 2 aromatic carbocycles. The number of nitrogens with one attached hydrogen (secondary N) is 1. The van der Waals surface area contributed by atoms with Crippen molar-refractivity contribution in [1.29, 1.82) is 0 Å². The Morgan fingerprint density at radius 1 is 1.14 bits per heavy atom. The number of anilines is 1. The van der Waals surface area contributed by atoms with Gasteiger partial charge in [0.1, 0.15) is 5.82 Å². The van der Waals surface area contributed by atoms with E-state index in [0.717, 1.165) is 34.9 Å². The molecule has 104 valence electrons. The number of rotatable bonds is 3. The van der Waals surface area contributed by atoms with Crippen LogP contribution >= 0.6 is 11.3 Å². The highest BCUT2D eigenvalue weighted by atomic mass is 32.1. The fourth-order valence-corrected chi connectivity index (χ4v) is 3.64. The van der Waals surface area contributed by atoms with Crippen LogP contribution in [0.4, 0.5) is 9.52 Å². The largest absolute Gasteiger partial charge is 0.357 e. The van der Waals surface area contributed by atoms with E-state index in [2.05, 4.69) is 22.4 Å². The number of benzene rings is 2. The zero-order valence-electron chi connectivity index (χ0n) is 11.3. The molecule has 1 N–H and O–H groups in total. The summed E-state index contributed by atoms with van der Waals surface area (Å²) in [5.74, 6) is -0.175. The van der Waals surface area contributed by atoms with Gasteiger partial charge < -0.3 is 5.32 Å². The number of halogens is 1. The Morgan fingerprint density at radius 2 is 2.00 bits per heavy atom. The Bertz CT molecular complexity index is 796. The summed E-state index contributed by atoms with van der Waals surface area (Å²) in [4.78, 5) is 5.88. The van der Waals surface area contributed by atoms with E-state index >= 15 is 0 Å². The van der Waals surface area contributed by atoms with Gasteiger partial charge in [-0.15, -0.1) is 11.3 Å². The van der Waals surface area contributed by atoms with Crippen molar-refractivity contribution >= 4 is 16.5 Å². The summed E-state index contributed by atoms with van der Waals surface area (Å²) in [7, 11) is 0. The maximum Gasteiger partial charge on any atom is 0.183 e. The van der Waals surface area contributed by atoms with E-state index in [0.29, 0.717) is 0 Å². The van der Waals surface area contributed by atoms with E-state index in [1.807, 2.05) is 24.3 Å².